The monoisotopic (exact) mass is 384 g/mol. The summed E-state index contributed by atoms with van der Waals surface area (Å²) in [6.45, 7) is 0.609. The summed E-state index contributed by atoms with van der Waals surface area (Å²) >= 11 is 0. The molecule has 0 radical (unpaired) electrons. The van der Waals surface area contributed by atoms with Gasteiger partial charge in [-0.3, -0.25) is 4.90 Å². The number of nitrogens with zero attached hydrogens (tertiary/aromatic N) is 1. The van der Waals surface area contributed by atoms with Crippen LogP contribution < -0.4 is 10.2 Å². The van der Waals surface area contributed by atoms with E-state index in [0.717, 1.165) is 18.9 Å². The molecule has 0 aromatic heterocycles. The van der Waals surface area contributed by atoms with Crippen molar-refractivity contribution in [3.05, 3.63) is 65.2 Å². The van der Waals surface area contributed by atoms with Crippen LogP contribution in [0, 0.1) is 17.6 Å². The highest BCUT2D eigenvalue weighted by atomic mass is 19.1. The summed E-state index contributed by atoms with van der Waals surface area (Å²) in [7, 11) is 0. The minimum absolute atomic E-state index is 0.139. The third kappa shape index (κ3) is 4.03. The van der Waals surface area contributed by atoms with Gasteiger partial charge in [-0.25, -0.2) is 13.6 Å². The van der Waals surface area contributed by atoms with Crippen LogP contribution in [0.1, 0.15) is 43.2 Å². The van der Waals surface area contributed by atoms with E-state index in [2.05, 4.69) is 17.4 Å². The minimum atomic E-state index is -0.705. The van der Waals surface area contributed by atoms with E-state index < -0.39 is 11.6 Å². The lowest BCUT2D eigenvalue weighted by molar-refractivity contribution is 0.239. The first-order chi connectivity index (χ1) is 13.6. The Morgan fingerprint density at radius 1 is 1.00 bits per heavy atom. The maximum absolute atomic E-state index is 14.6. The molecule has 1 saturated carbocycles. The van der Waals surface area contributed by atoms with Crippen molar-refractivity contribution in [2.24, 2.45) is 5.92 Å². The highest BCUT2D eigenvalue weighted by molar-refractivity contribution is 5.93. The van der Waals surface area contributed by atoms with E-state index >= 15 is 0 Å². The topological polar surface area (TPSA) is 32.3 Å². The standard InChI is InChI=1S/C23H26F2N2O/c24-19-10-11-22(21(25)14-19)27(20-12-17-8-4-5-9-18(17)13-20)23(28)26-15-16-6-2-1-3-7-16/h4-5,8-11,14,16,20H,1-3,6-7,12-13,15H2,(H,26,28). The molecule has 0 heterocycles. The zero-order chi connectivity index (χ0) is 19.5. The van der Waals surface area contributed by atoms with Gasteiger partial charge in [0, 0.05) is 18.7 Å². The molecule has 4 rings (SSSR count). The van der Waals surface area contributed by atoms with E-state index in [1.165, 1.54) is 47.4 Å². The molecule has 2 aliphatic rings. The Labute approximate surface area is 164 Å². The molecule has 0 unspecified atom stereocenters. The zero-order valence-electron chi connectivity index (χ0n) is 16.0. The van der Waals surface area contributed by atoms with Crippen molar-refractivity contribution in [1.82, 2.24) is 5.32 Å². The van der Waals surface area contributed by atoms with E-state index in [1.807, 2.05) is 12.1 Å². The first-order valence-electron chi connectivity index (χ1n) is 10.2. The third-order valence-electron chi connectivity index (χ3n) is 6.05. The molecule has 2 aromatic carbocycles. The van der Waals surface area contributed by atoms with E-state index in [1.54, 1.807) is 0 Å². The molecule has 28 heavy (non-hydrogen) atoms. The van der Waals surface area contributed by atoms with Gasteiger partial charge in [0.25, 0.3) is 0 Å². The second kappa shape index (κ2) is 8.29. The van der Waals surface area contributed by atoms with Crippen LogP contribution in [-0.2, 0) is 12.8 Å². The second-order valence-electron chi connectivity index (χ2n) is 7.99. The van der Waals surface area contributed by atoms with Crippen LogP contribution in [0.15, 0.2) is 42.5 Å². The number of carbonyl (C=O) groups excluding carboxylic acids is 1. The average molecular weight is 384 g/mol. The Morgan fingerprint density at radius 2 is 1.68 bits per heavy atom. The predicted molar refractivity (Wildman–Crippen MR) is 106 cm³/mol. The first kappa shape index (κ1) is 18.9. The molecule has 2 aromatic rings. The Morgan fingerprint density at radius 3 is 2.32 bits per heavy atom. The third-order valence-corrected chi connectivity index (χ3v) is 6.05. The summed E-state index contributed by atoms with van der Waals surface area (Å²) < 4.78 is 28.0. The summed E-state index contributed by atoms with van der Waals surface area (Å²) in [6, 6.07) is 11.0. The van der Waals surface area contributed by atoms with Crippen LogP contribution in [0.4, 0.5) is 19.3 Å². The molecule has 0 bridgehead atoms. The number of fused-ring (bicyclic) bond motifs is 1. The molecule has 0 atom stereocenters. The van der Waals surface area contributed by atoms with Crippen LogP contribution >= 0.6 is 0 Å². The van der Waals surface area contributed by atoms with Gasteiger partial charge in [-0.2, -0.15) is 0 Å². The lowest BCUT2D eigenvalue weighted by Gasteiger charge is -2.31. The van der Waals surface area contributed by atoms with Gasteiger partial charge in [0.1, 0.15) is 11.6 Å². The van der Waals surface area contributed by atoms with Gasteiger partial charge in [0.05, 0.1) is 5.69 Å². The normalized spacial score (nSPS) is 17.4. The molecule has 5 heteroatoms. The fraction of sp³-hybridized carbons (Fsp3) is 0.435. The maximum Gasteiger partial charge on any atom is 0.322 e. The zero-order valence-corrected chi connectivity index (χ0v) is 16.0. The average Bonchev–Trinajstić information content (AvgIpc) is 3.12. The second-order valence-corrected chi connectivity index (χ2v) is 7.99. The Balaban J connectivity index is 1.55. The van der Waals surface area contributed by atoms with Gasteiger partial charge in [-0.15, -0.1) is 0 Å². The molecule has 1 fully saturated rings. The van der Waals surface area contributed by atoms with Crippen molar-refractivity contribution in [2.45, 2.75) is 51.0 Å². The van der Waals surface area contributed by atoms with Gasteiger partial charge < -0.3 is 5.32 Å². The van der Waals surface area contributed by atoms with Gasteiger partial charge in [-0.05, 0) is 54.9 Å². The number of nitrogens with one attached hydrogen (secondary N) is 1. The van der Waals surface area contributed by atoms with Gasteiger partial charge in [0.15, 0.2) is 0 Å². The lowest BCUT2D eigenvalue weighted by Crippen LogP contribution is -2.48. The summed E-state index contributed by atoms with van der Waals surface area (Å²) in [5.74, 6) is -0.860. The number of hydrogen-bond acceptors (Lipinski definition) is 1. The summed E-state index contributed by atoms with van der Waals surface area (Å²) in [5.41, 5.74) is 2.50. The smallest absolute Gasteiger partial charge is 0.322 e. The number of amides is 2. The minimum Gasteiger partial charge on any atom is -0.337 e. The fourth-order valence-electron chi connectivity index (χ4n) is 4.57. The SMILES string of the molecule is O=C(NCC1CCCCC1)N(c1ccc(F)cc1F)C1Cc2ccccc2C1. The van der Waals surface area contributed by atoms with E-state index in [4.69, 9.17) is 0 Å². The fourth-order valence-corrected chi connectivity index (χ4v) is 4.57. The number of anilines is 1. The van der Waals surface area contributed by atoms with E-state index in [0.29, 0.717) is 25.3 Å². The van der Waals surface area contributed by atoms with Crippen LogP contribution in [0.2, 0.25) is 0 Å². The molecule has 3 nitrogen and oxygen atoms in total. The highest BCUT2D eigenvalue weighted by Crippen LogP contribution is 2.31. The molecule has 0 spiro atoms. The van der Waals surface area contributed by atoms with E-state index in [-0.39, 0.29) is 17.8 Å². The van der Waals surface area contributed by atoms with Crippen molar-refractivity contribution in [3.8, 4) is 0 Å². The molecule has 2 aliphatic carbocycles. The molecule has 2 amide bonds. The predicted octanol–water partition coefficient (Wildman–Crippen LogP) is 5.23. The van der Waals surface area contributed by atoms with Crippen molar-refractivity contribution >= 4 is 11.7 Å². The Kier molecular flexibility index (Phi) is 5.60. The van der Waals surface area contributed by atoms with Crippen LogP contribution in [0.3, 0.4) is 0 Å². The molecular formula is C23H26F2N2O. The van der Waals surface area contributed by atoms with Crippen molar-refractivity contribution in [3.63, 3.8) is 0 Å². The van der Waals surface area contributed by atoms with Gasteiger partial charge >= 0.3 is 6.03 Å². The molecule has 148 valence electrons. The number of carbonyl (C=O) groups is 1. The molecule has 0 aliphatic heterocycles. The van der Waals surface area contributed by atoms with Crippen LogP contribution in [0.25, 0.3) is 0 Å². The van der Waals surface area contributed by atoms with E-state index in [9.17, 15) is 13.6 Å². The number of benzene rings is 2. The molecular weight excluding hydrogens is 358 g/mol. The van der Waals surface area contributed by atoms with Crippen molar-refractivity contribution in [2.75, 3.05) is 11.4 Å². The first-order valence-corrected chi connectivity index (χ1v) is 10.2. The lowest BCUT2D eigenvalue weighted by atomic mass is 9.89. The van der Waals surface area contributed by atoms with Crippen molar-refractivity contribution in [1.29, 1.82) is 0 Å². The summed E-state index contributed by atoms with van der Waals surface area (Å²) in [5, 5.41) is 3.02. The maximum atomic E-state index is 14.6. The van der Waals surface area contributed by atoms with Crippen molar-refractivity contribution < 1.29 is 13.6 Å². The molecule has 0 saturated heterocycles. The Bertz CT molecular complexity index is 823. The van der Waals surface area contributed by atoms with Crippen LogP contribution in [-0.4, -0.2) is 18.6 Å². The van der Waals surface area contributed by atoms with Gasteiger partial charge in [0.2, 0.25) is 0 Å². The number of hydrogen-bond donors (Lipinski definition) is 1. The number of halogens is 2. The van der Waals surface area contributed by atoms with Gasteiger partial charge in [-0.1, -0.05) is 43.5 Å². The summed E-state index contributed by atoms with van der Waals surface area (Å²) in [6.07, 6.45) is 7.26. The number of rotatable bonds is 4. The van der Waals surface area contributed by atoms with Crippen LogP contribution in [0.5, 0.6) is 0 Å². The highest BCUT2D eigenvalue weighted by Gasteiger charge is 2.33. The number of urea groups is 1. The Hall–Kier alpha value is -2.43. The summed E-state index contributed by atoms with van der Waals surface area (Å²) in [4.78, 5) is 14.6. The largest absolute Gasteiger partial charge is 0.337 e. The quantitative estimate of drug-likeness (QED) is 0.769. The molecule has 1 N–H and O–H groups in total.